The number of oxazole rings is 1. The van der Waals surface area contributed by atoms with Gasteiger partial charge in [-0.1, -0.05) is 6.92 Å². The molecule has 0 atom stereocenters. The molecule has 102 valence electrons. The first-order chi connectivity index (χ1) is 9.01. The number of rotatable bonds is 5. The second kappa shape index (κ2) is 5.64. The third kappa shape index (κ3) is 3.49. The number of nitrogens with one attached hydrogen (secondary N) is 1. The van der Waals surface area contributed by atoms with Crippen LogP contribution < -0.4 is 4.72 Å². The first-order valence-corrected chi connectivity index (χ1v) is 7.28. The molecule has 0 unspecified atom stereocenters. The van der Waals surface area contributed by atoms with Crippen molar-refractivity contribution in [2.45, 2.75) is 24.8 Å². The van der Waals surface area contributed by atoms with E-state index in [0.29, 0.717) is 18.1 Å². The number of halogens is 1. The summed E-state index contributed by atoms with van der Waals surface area (Å²) in [7, 11) is -3.71. The minimum Gasteiger partial charge on any atom is -0.444 e. The average Bonchev–Trinajstić information content (AvgIpc) is 2.85. The Balaban J connectivity index is 2.07. The Kier molecular flexibility index (Phi) is 4.13. The first kappa shape index (κ1) is 13.9. The number of sulfonamides is 1. The van der Waals surface area contributed by atoms with Gasteiger partial charge in [-0.3, -0.25) is 0 Å². The largest absolute Gasteiger partial charge is 0.444 e. The summed E-state index contributed by atoms with van der Waals surface area (Å²) in [6.45, 7) is 1.88. The Labute approximate surface area is 115 Å². The predicted molar refractivity (Wildman–Crippen MR) is 66.9 cm³/mol. The van der Waals surface area contributed by atoms with Gasteiger partial charge in [0.15, 0.2) is 0 Å². The van der Waals surface area contributed by atoms with Gasteiger partial charge in [-0.05, 0) is 11.6 Å². The van der Waals surface area contributed by atoms with E-state index < -0.39 is 10.0 Å². The molecular formula is C10H11ClN4O3S. The maximum atomic E-state index is 11.9. The summed E-state index contributed by atoms with van der Waals surface area (Å²) in [5.74, 6) is 0.999. The second-order valence-corrected chi connectivity index (χ2v) is 5.69. The van der Waals surface area contributed by atoms with Crippen LogP contribution in [0.25, 0.3) is 0 Å². The Hall–Kier alpha value is -1.51. The maximum absolute atomic E-state index is 11.9. The van der Waals surface area contributed by atoms with Gasteiger partial charge >= 0.3 is 0 Å². The van der Waals surface area contributed by atoms with Crippen molar-refractivity contribution in [2.75, 3.05) is 0 Å². The van der Waals surface area contributed by atoms with Crippen LogP contribution in [0.2, 0.25) is 5.28 Å². The minimum absolute atomic E-state index is 0.0146. The van der Waals surface area contributed by atoms with Crippen LogP contribution >= 0.6 is 11.6 Å². The monoisotopic (exact) mass is 302 g/mol. The molecule has 0 saturated heterocycles. The van der Waals surface area contributed by atoms with Crippen LogP contribution in [0.4, 0.5) is 0 Å². The number of nitrogens with zero attached hydrogens (tertiary/aromatic N) is 3. The number of aromatic nitrogens is 3. The zero-order valence-electron chi connectivity index (χ0n) is 10.00. The Morgan fingerprint density at radius 1 is 1.26 bits per heavy atom. The standard InChI is InChI=1S/C10H11ClN4O3S/c1-2-7-3-12-9(18-7)6-15-19(16,17)8-4-13-10(11)14-5-8/h3-5,15H,2,6H2,1H3. The lowest BCUT2D eigenvalue weighted by Gasteiger charge is -2.03. The molecule has 0 fully saturated rings. The van der Waals surface area contributed by atoms with Crippen LogP contribution in [0.3, 0.4) is 0 Å². The molecule has 9 heteroatoms. The summed E-state index contributed by atoms with van der Waals surface area (Å²) < 4.78 is 31.4. The van der Waals surface area contributed by atoms with E-state index in [-0.39, 0.29) is 16.7 Å². The van der Waals surface area contributed by atoms with Crippen molar-refractivity contribution in [3.63, 3.8) is 0 Å². The van der Waals surface area contributed by atoms with E-state index in [4.69, 9.17) is 16.0 Å². The highest BCUT2D eigenvalue weighted by atomic mass is 35.5. The third-order valence-electron chi connectivity index (χ3n) is 2.27. The van der Waals surface area contributed by atoms with Crippen LogP contribution in [0.5, 0.6) is 0 Å². The Morgan fingerprint density at radius 2 is 1.95 bits per heavy atom. The van der Waals surface area contributed by atoms with E-state index in [2.05, 4.69) is 19.7 Å². The number of hydrogen-bond acceptors (Lipinski definition) is 6. The minimum atomic E-state index is -3.71. The van der Waals surface area contributed by atoms with Crippen molar-refractivity contribution in [3.05, 3.63) is 35.5 Å². The van der Waals surface area contributed by atoms with Gasteiger partial charge in [-0.25, -0.2) is 28.1 Å². The second-order valence-electron chi connectivity index (χ2n) is 3.59. The molecule has 0 aliphatic rings. The molecule has 0 aliphatic carbocycles. The molecule has 2 heterocycles. The number of hydrogen-bond donors (Lipinski definition) is 1. The smallest absolute Gasteiger partial charge is 0.244 e. The summed E-state index contributed by atoms with van der Waals surface area (Å²) in [5, 5.41) is -0.0146. The molecule has 0 bridgehead atoms. The van der Waals surface area contributed by atoms with Crippen molar-refractivity contribution in [1.29, 1.82) is 0 Å². The molecule has 0 amide bonds. The third-order valence-corrected chi connectivity index (χ3v) is 3.82. The van der Waals surface area contributed by atoms with Crippen LogP contribution in [0.15, 0.2) is 27.9 Å². The summed E-state index contributed by atoms with van der Waals surface area (Å²) in [5.41, 5.74) is 0. The van der Waals surface area contributed by atoms with Gasteiger partial charge in [-0.2, -0.15) is 0 Å². The van der Waals surface area contributed by atoms with E-state index in [0.717, 1.165) is 12.4 Å². The zero-order chi connectivity index (χ0) is 13.9. The van der Waals surface area contributed by atoms with Gasteiger partial charge in [0.25, 0.3) is 0 Å². The van der Waals surface area contributed by atoms with Gasteiger partial charge in [0.1, 0.15) is 10.7 Å². The van der Waals surface area contributed by atoms with Gasteiger partial charge in [0.2, 0.25) is 21.2 Å². The highest BCUT2D eigenvalue weighted by Gasteiger charge is 2.16. The highest BCUT2D eigenvalue weighted by Crippen LogP contribution is 2.09. The van der Waals surface area contributed by atoms with Crippen molar-refractivity contribution in [2.24, 2.45) is 0 Å². The summed E-state index contributed by atoms with van der Waals surface area (Å²) >= 11 is 5.49. The molecule has 0 aromatic carbocycles. The molecule has 0 aliphatic heterocycles. The Bertz CT molecular complexity index is 654. The van der Waals surface area contributed by atoms with E-state index in [1.54, 1.807) is 6.20 Å². The van der Waals surface area contributed by atoms with Crippen LogP contribution in [-0.4, -0.2) is 23.4 Å². The van der Waals surface area contributed by atoms with Crippen molar-refractivity contribution in [1.82, 2.24) is 19.7 Å². The van der Waals surface area contributed by atoms with Crippen molar-refractivity contribution < 1.29 is 12.8 Å². The molecule has 2 aromatic rings. The normalized spacial score (nSPS) is 11.7. The predicted octanol–water partition coefficient (Wildman–Crippen LogP) is 1.16. The highest BCUT2D eigenvalue weighted by molar-refractivity contribution is 7.89. The molecular weight excluding hydrogens is 292 g/mol. The summed E-state index contributed by atoms with van der Waals surface area (Å²) in [6.07, 6.45) is 4.52. The van der Waals surface area contributed by atoms with Crippen LogP contribution in [-0.2, 0) is 23.0 Å². The number of aryl methyl sites for hydroxylation is 1. The SMILES string of the molecule is CCc1cnc(CNS(=O)(=O)c2cnc(Cl)nc2)o1. The molecule has 2 aromatic heterocycles. The fourth-order valence-corrected chi connectivity index (χ4v) is 2.23. The van der Waals surface area contributed by atoms with E-state index in [1.807, 2.05) is 6.92 Å². The molecule has 0 saturated carbocycles. The van der Waals surface area contributed by atoms with E-state index >= 15 is 0 Å². The van der Waals surface area contributed by atoms with E-state index in [9.17, 15) is 8.42 Å². The quantitative estimate of drug-likeness (QED) is 0.832. The lowest BCUT2D eigenvalue weighted by molar-refractivity contribution is 0.452. The molecule has 7 nitrogen and oxygen atoms in total. The first-order valence-electron chi connectivity index (χ1n) is 5.42. The zero-order valence-corrected chi connectivity index (χ0v) is 11.6. The summed E-state index contributed by atoms with van der Waals surface area (Å²) in [6, 6.07) is 0. The lowest BCUT2D eigenvalue weighted by atomic mass is 10.4. The van der Waals surface area contributed by atoms with Gasteiger partial charge in [-0.15, -0.1) is 0 Å². The molecule has 1 N–H and O–H groups in total. The van der Waals surface area contributed by atoms with Gasteiger partial charge in [0, 0.05) is 6.42 Å². The molecule has 0 spiro atoms. The fourth-order valence-electron chi connectivity index (χ4n) is 1.27. The fraction of sp³-hybridized carbons (Fsp3) is 0.300. The maximum Gasteiger partial charge on any atom is 0.244 e. The van der Waals surface area contributed by atoms with Gasteiger partial charge < -0.3 is 4.42 Å². The topological polar surface area (TPSA) is 98.0 Å². The van der Waals surface area contributed by atoms with Crippen LogP contribution in [0.1, 0.15) is 18.6 Å². The Morgan fingerprint density at radius 3 is 2.53 bits per heavy atom. The van der Waals surface area contributed by atoms with Crippen LogP contribution in [0, 0.1) is 0 Å². The summed E-state index contributed by atoms with van der Waals surface area (Å²) in [4.78, 5) is 11.1. The molecule has 19 heavy (non-hydrogen) atoms. The molecule has 2 rings (SSSR count). The van der Waals surface area contributed by atoms with E-state index in [1.165, 1.54) is 0 Å². The average molecular weight is 303 g/mol. The molecule has 0 radical (unpaired) electrons. The van der Waals surface area contributed by atoms with Crippen molar-refractivity contribution >= 4 is 21.6 Å². The van der Waals surface area contributed by atoms with Gasteiger partial charge in [0.05, 0.1) is 25.1 Å². The van der Waals surface area contributed by atoms with Crippen molar-refractivity contribution in [3.8, 4) is 0 Å². The lowest BCUT2D eigenvalue weighted by Crippen LogP contribution is -2.23.